The summed E-state index contributed by atoms with van der Waals surface area (Å²) in [5.74, 6) is 1.39. The average Bonchev–Trinajstić information content (AvgIpc) is 3.27. The number of fused-ring (bicyclic) bond motifs is 1. The van der Waals surface area contributed by atoms with Crippen LogP contribution in [0.2, 0.25) is 0 Å². The SMILES string of the molecule is COc1cc(NC(=O)CSc2nccn3nc(-c4ccc(C)cc4)cc23)cc(OC)c1OC. The maximum atomic E-state index is 12.6. The molecule has 2 aromatic carbocycles. The number of carbonyl (C=O) groups excluding carboxylic acids is 1. The maximum absolute atomic E-state index is 12.6. The summed E-state index contributed by atoms with van der Waals surface area (Å²) in [5, 5.41) is 8.24. The topological polar surface area (TPSA) is 87.0 Å². The lowest BCUT2D eigenvalue weighted by Crippen LogP contribution is -2.14. The van der Waals surface area contributed by atoms with Crippen LogP contribution in [0.3, 0.4) is 0 Å². The van der Waals surface area contributed by atoms with E-state index in [-0.39, 0.29) is 11.7 Å². The Balaban J connectivity index is 1.49. The number of carbonyl (C=O) groups is 1. The number of nitrogens with zero attached hydrogens (tertiary/aromatic N) is 3. The molecule has 2 aromatic heterocycles. The molecule has 8 nitrogen and oxygen atoms in total. The van der Waals surface area contributed by atoms with Crippen LogP contribution in [0.1, 0.15) is 5.56 Å². The van der Waals surface area contributed by atoms with Crippen molar-refractivity contribution in [3.05, 3.63) is 60.4 Å². The van der Waals surface area contributed by atoms with E-state index in [4.69, 9.17) is 14.2 Å². The van der Waals surface area contributed by atoms with E-state index < -0.39 is 0 Å². The summed E-state index contributed by atoms with van der Waals surface area (Å²) in [7, 11) is 4.59. The van der Waals surface area contributed by atoms with Crippen molar-refractivity contribution in [2.45, 2.75) is 11.9 Å². The van der Waals surface area contributed by atoms with Gasteiger partial charge in [0.1, 0.15) is 5.03 Å². The van der Waals surface area contributed by atoms with Crippen molar-refractivity contribution in [1.82, 2.24) is 14.6 Å². The van der Waals surface area contributed by atoms with E-state index in [9.17, 15) is 4.79 Å². The summed E-state index contributed by atoms with van der Waals surface area (Å²) < 4.78 is 17.8. The van der Waals surface area contributed by atoms with Crippen molar-refractivity contribution in [1.29, 1.82) is 0 Å². The van der Waals surface area contributed by atoms with Gasteiger partial charge in [0, 0.05) is 35.8 Å². The molecule has 0 aliphatic heterocycles. The first-order chi connectivity index (χ1) is 16.0. The van der Waals surface area contributed by atoms with Crippen molar-refractivity contribution in [3.63, 3.8) is 0 Å². The summed E-state index contributed by atoms with van der Waals surface area (Å²) in [5.41, 5.74) is 4.47. The standard InChI is InChI=1S/C24H24N4O4S/c1-15-5-7-16(8-6-15)18-13-19-24(25-9-10-28(19)27-18)33-14-22(29)26-17-11-20(30-2)23(32-4)21(12-17)31-3/h5-13H,14H2,1-4H3,(H,26,29). The molecule has 4 rings (SSSR count). The lowest BCUT2D eigenvalue weighted by atomic mass is 10.1. The number of anilines is 1. The largest absolute Gasteiger partial charge is 0.493 e. The zero-order valence-electron chi connectivity index (χ0n) is 18.8. The molecular weight excluding hydrogens is 440 g/mol. The molecule has 0 fully saturated rings. The van der Waals surface area contributed by atoms with Crippen molar-refractivity contribution >= 4 is 28.9 Å². The number of ether oxygens (including phenoxy) is 3. The Labute approximate surface area is 195 Å². The van der Waals surface area contributed by atoms with Gasteiger partial charge >= 0.3 is 0 Å². The maximum Gasteiger partial charge on any atom is 0.234 e. The van der Waals surface area contributed by atoms with Gasteiger partial charge in [0.2, 0.25) is 11.7 Å². The van der Waals surface area contributed by atoms with Gasteiger partial charge in [0.15, 0.2) is 11.5 Å². The molecule has 33 heavy (non-hydrogen) atoms. The minimum absolute atomic E-state index is 0.175. The second-order valence-corrected chi connectivity index (χ2v) is 8.17. The lowest BCUT2D eigenvalue weighted by molar-refractivity contribution is -0.113. The lowest BCUT2D eigenvalue weighted by Gasteiger charge is -2.14. The van der Waals surface area contributed by atoms with Gasteiger partial charge in [-0.3, -0.25) is 4.79 Å². The van der Waals surface area contributed by atoms with Crippen LogP contribution in [-0.4, -0.2) is 47.6 Å². The molecule has 0 saturated heterocycles. The fourth-order valence-corrected chi connectivity index (χ4v) is 4.13. The Morgan fingerprint density at radius 2 is 1.73 bits per heavy atom. The Morgan fingerprint density at radius 1 is 1.03 bits per heavy atom. The molecule has 4 aromatic rings. The number of rotatable bonds is 8. The molecule has 0 saturated carbocycles. The van der Waals surface area contributed by atoms with Gasteiger partial charge in [-0.1, -0.05) is 41.6 Å². The quantitative estimate of drug-likeness (QED) is 0.385. The summed E-state index contributed by atoms with van der Waals surface area (Å²) in [6.45, 7) is 2.05. The van der Waals surface area contributed by atoms with E-state index in [0.29, 0.717) is 22.9 Å². The van der Waals surface area contributed by atoms with E-state index in [1.165, 1.54) is 38.7 Å². The molecular formula is C24H24N4O4S. The van der Waals surface area contributed by atoms with E-state index in [1.807, 2.05) is 18.2 Å². The zero-order valence-corrected chi connectivity index (χ0v) is 19.6. The third kappa shape index (κ3) is 4.88. The highest BCUT2D eigenvalue weighted by molar-refractivity contribution is 8.00. The first-order valence-electron chi connectivity index (χ1n) is 10.2. The van der Waals surface area contributed by atoms with E-state index in [2.05, 4.69) is 34.5 Å². The number of aryl methyl sites for hydroxylation is 1. The summed E-state index contributed by atoms with van der Waals surface area (Å²) in [4.78, 5) is 17.1. The van der Waals surface area contributed by atoms with E-state index in [1.54, 1.807) is 29.0 Å². The fourth-order valence-electron chi connectivity index (χ4n) is 3.36. The molecule has 0 bridgehead atoms. The molecule has 0 aliphatic rings. The number of hydrogen-bond acceptors (Lipinski definition) is 7. The Bertz CT molecular complexity index is 1260. The van der Waals surface area contributed by atoms with Crippen molar-refractivity contribution in [3.8, 4) is 28.5 Å². The molecule has 2 heterocycles. The Morgan fingerprint density at radius 3 is 2.36 bits per heavy atom. The highest BCUT2D eigenvalue weighted by Gasteiger charge is 2.16. The van der Waals surface area contributed by atoms with Crippen LogP contribution in [0, 0.1) is 6.92 Å². The average molecular weight is 465 g/mol. The van der Waals surface area contributed by atoms with Crippen LogP contribution in [0.4, 0.5) is 5.69 Å². The number of benzene rings is 2. The van der Waals surface area contributed by atoms with Gasteiger partial charge < -0.3 is 19.5 Å². The number of amides is 1. The van der Waals surface area contributed by atoms with Gasteiger partial charge in [0.05, 0.1) is 38.3 Å². The molecule has 0 aliphatic carbocycles. The highest BCUT2D eigenvalue weighted by Crippen LogP contribution is 2.40. The van der Waals surface area contributed by atoms with Gasteiger partial charge in [-0.2, -0.15) is 5.10 Å². The second kappa shape index (κ2) is 9.83. The van der Waals surface area contributed by atoms with Crippen LogP contribution in [0.5, 0.6) is 17.2 Å². The first-order valence-corrected chi connectivity index (χ1v) is 11.1. The fraction of sp³-hybridized carbons (Fsp3) is 0.208. The highest BCUT2D eigenvalue weighted by atomic mass is 32.2. The number of nitrogens with one attached hydrogen (secondary N) is 1. The zero-order chi connectivity index (χ0) is 23.4. The summed E-state index contributed by atoms with van der Waals surface area (Å²) in [6, 6.07) is 13.6. The Hall–Kier alpha value is -3.72. The minimum atomic E-state index is -0.184. The predicted molar refractivity (Wildman–Crippen MR) is 129 cm³/mol. The predicted octanol–water partition coefficient (Wildman–Crippen LogP) is 4.46. The molecule has 9 heteroatoms. The molecule has 0 unspecified atom stereocenters. The smallest absolute Gasteiger partial charge is 0.234 e. The second-order valence-electron chi connectivity index (χ2n) is 7.21. The molecule has 1 N–H and O–H groups in total. The monoisotopic (exact) mass is 464 g/mol. The Kier molecular flexibility index (Phi) is 6.69. The van der Waals surface area contributed by atoms with Crippen molar-refractivity contribution < 1.29 is 19.0 Å². The van der Waals surface area contributed by atoms with Crippen LogP contribution in [0.15, 0.2) is 59.9 Å². The molecule has 170 valence electrons. The van der Waals surface area contributed by atoms with Crippen LogP contribution in [0.25, 0.3) is 16.8 Å². The third-order valence-corrected chi connectivity index (χ3v) is 5.98. The summed E-state index contributed by atoms with van der Waals surface area (Å²) in [6.07, 6.45) is 3.48. The van der Waals surface area contributed by atoms with E-state index in [0.717, 1.165) is 21.8 Å². The number of hydrogen-bond donors (Lipinski definition) is 1. The molecule has 0 radical (unpaired) electrons. The number of thioether (sulfide) groups is 1. The van der Waals surface area contributed by atoms with Crippen molar-refractivity contribution in [2.75, 3.05) is 32.4 Å². The van der Waals surface area contributed by atoms with Crippen molar-refractivity contribution in [2.24, 2.45) is 0 Å². The van der Waals surface area contributed by atoms with Gasteiger partial charge in [0.25, 0.3) is 0 Å². The van der Waals surface area contributed by atoms with Gasteiger partial charge in [-0.25, -0.2) is 9.50 Å². The number of aromatic nitrogens is 3. The molecule has 0 atom stereocenters. The van der Waals surface area contributed by atoms with Gasteiger partial charge in [-0.05, 0) is 13.0 Å². The normalized spacial score (nSPS) is 10.8. The summed E-state index contributed by atoms with van der Waals surface area (Å²) >= 11 is 1.34. The third-order valence-electron chi connectivity index (χ3n) is 4.99. The van der Waals surface area contributed by atoms with Gasteiger partial charge in [-0.15, -0.1) is 0 Å². The van der Waals surface area contributed by atoms with E-state index >= 15 is 0 Å². The van der Waals surface area contributed by atoms with Crippen LogP contribution >= 0.6 is 11.8 Å². The first kappa shape index (κ1) is 22.5. The number of methoxy groups -OCH3 is 3. The molecule has 1 amide bonds. The molecule has 0 spiro atoms. The minimum Gasteiger partial charge on any atom is -0.493 e. The van der Waals surface area contributed by atoms with Crippen LogP contribution in [-0.2, 0) is 4.79 Å². The van der Waals surface area contributed by atoms with Crippen LogP contribution < -0.4 is 19.5 Å².